The van der Waals surface area contributed by atoms with Crippen LogP contribution in [-0.2, 0) is 4.79 Å². The summed E-state index contributed by atoms with van der Waals surface area (Å²) in [5.74, 6) is -0.0462. The molecule has 0 heterocycles. The highest BCUT2D eigenvalue weighted by atomic mass is 16.5. The first kappa shape index (κ1) is 13.3. The van der Waals surface area contributed by atoms with Crippen LogP contribution in [0.15, 0.2) is 18.2 Å². The van der Waals surface area contributed by atoms with Gasteiger partial charge in [0, 0.05) is 6.54 Å². The summed E-state index contributed by atoms with van der Waals surface area (Å²) >= 11 is 0. The average Bonchev–Trinajstić information content (AvgIpc) is 2.30. The molecule has 0 aromatic heterocycles. The van der Waals surface area contributed by atoms with E-state index in [1.165, 1.54) is 7.11 Å². The summed E-state index contributed by atoms with van der Waals surface area (Å²) in [6.45, 7) is 2.15. The summed E-state index contributed by atoms with van der Waals surface area (Å²) in [5, 5.41) is 11.7. The number of likely N-dealkylation sites (N-methyl/N-ethyl adjacent to an activating group) is 1. The summed E-state index contributed by atoms with van der Waals surface area (Å²) in [7, 11) is 3.20. The van der Waals surface area contributed by atoms with Gasteiger partial charge in [0.05, 0.1) is 7.11 Å². The molecule has 0 aliphatic heterocycles. The van der Waals surface area contributed by atoms with Gasteiger partial charge in [-0.05, 0) is 31.7 Å². The van der Waals surface area contributed by atoms with Gasteiger partial charge in [0.2, 0.25) is 6.10 Å². The third-order valence-corrected chi connectivity index (χ3v) is 2.25. The van der Waals surface area contributed by atoms with Crippen LogP contribution in [0, 0.1) is 6.92 Å². The number of methoxy groups -OCH3 is 1. The molecule has 1 unspecified atom stereocenters. The van der Waals surface area contributed by atoms with E-state index in [9.17, 15) is 4.79 Å². The Bertz CT molecular complexity index is 392. The molecular weight excluding hydrogens is 222 g/mol. The fraction of sp³-hybridized carbons (Fsp3) is 0.417. The Labute approximate surface area is 100 Å². The zero-order chi connectivity index (χ0) is 12.8. The molecule has 0 fully saturated rings. The lowest BCUT2D eigenvalue weighted by Gasteiger charge is -2.17. The van der Waals surface area contributed by atoms with Crippen LogP contribution in [0.4, 0.5) is 0 Å². The van der Waals surface area contributed by atoms with Gasteiger partial charge in [-0.15, -0.1) is 0 Å². The minimum absolute atomic E-state index is 0.229. The van der Waals surface area contributed by atoms with Gasteiger partial charge in [-0.25, -0.2) is 4.79 Å². The number of nitrogens with one attached hydrogen (secondary N) is 1. The van der Waals surface area contributed by atoms with Crippen molar-refractivity contribution in [2.24, 2.45) is 0 Å². The number of aryl methyl sites for hydroxylation is 1. The molecule has 0 spiro atoms. The van der Waals surface area contributed by atoms with Crippen molar-refractivity contribution in [1.29, 1.82) is 0 Å². The molecule has 17 heavy (non-hydrogen) atoms. The summed E-state index contributed by atoms with van der Waals surface area (Å²) in [5.41, 5.74) is 1.02. The van der Waals surface area contributed by atoms with Crippen molar-refractivity contribution in [2.75, 3.05) is 20.7 Å². The van der Waals surface area contributed by atoms with E-state index in [1.54, 1.807) is 19.2 Å². The highest BCUT2D eigenvalue weighted by molar-refractivity contribution is 5.73. The second-order valence-electron chi connectivity index (χ2n) is 3.66. The number of benzene rings is 1. The molecular formula is C12H17NO4. The molecule has 1 aromatic rings. The van der Waals surface area contributed by atoms with Gasteiger partial charge in [0.25, 0.3) is 0 Å². The maximum atomic E-state index is 11.0. The second-order valence-corrected chi connectivity index (χ2v) is 3.66. The van der Waals surface area contributed by atoms with E-state index in [1.807, 2.05) is 13.0 Å². The van der Waals surface area contributed by atoms with Crippen molar-refractivity contribution < 1.29 is 19.4 Å². The molecule has 2 N–H and O–H groups in total. The maximum Gasteiger partial charge on any atom is 0.346 e. The van der Waals surface area contributed by atoms with Crippen molar-refractivity contribution in [1.82, 2.24) is 5.32 Å². The Balaban J connectivity index is 2.88. The number of ether oxygens (including phenoxy) is 2. The Kier molecular flexibility index (Phi) is 4.78. The molecule has 5 heteroatoms. The lowest BCUT2D eigenvalue weighted by Crippen LogP contribution is -2.36. The van der Waals surface area contributed by atoms with Crippen LogP contribution in [0.5, 0.6) is 11.5 Å². The van der Waals surface area contributed by atoms with Crippen LogP contribution < -0.4 is 14.8 Å². The zero-order valence-corrected chi connectivity index (χ0v) is 10.2. The molecule has 0 saturated heterocycles. The number of hydrogen-bond donors (Lipinski definition) is 2. The standard InChI is InChI=1S/C12H17NO4/c1-8-4-5-9(10(6-8)16-3)17-11(7-13-2)12(14)15/h4-6,11,13H,7H2,1-3H3,(H,14,15). The zero-order valence-electron chi connectivity index (χ0n) is 10.2. The molecule has 0 saturated carbocycles. The van der Waals surface area contributed by atoms with E-state index >= 15 is 0 Å². The molecule has 0 aliphatic carbocycles. The summed E-state index contributed by atoms with van der Waals surface area (Å²) in [4.78, 5) is 11.0. The number of hydrogen-bond acceptors (Lipinski definition) is 4. The van der Waals surface area contributed by atoms with Gasteiger partial charge >= 0.3 is 5.97 Å². The first-order valence-corrected chi connectivity index (χ1v) is 5.27. The molecule has 0 bridgehead atoms. The molecule has 1 aromatic carbocycles. The molecule has 1 atom stereocenters. The molecule has 0 aliphatic rings. The van der Waals surface area contributed by atoms with Crippen molar-refractivity contribution in [3.63, 3.8) is 0 Å². The first-order chi connectivity index (χ1) is 8.08. The highest BCUT2D eigenvalue weighted by Gasteiger charge is 2.20. The number of carboxylic acids is 1. The van der Waals surface area contributed by atoms with E-state index < -0.39 is 12.1 Å². The van der Waals surface area contributed by atoms with Crippen LogP contribution in [0.25, 0.3) is 0 Å². The third-order valence-electron chi connectivity index (χ3n) is 2.25. The number of carboxylic acid groups (broad SMARTS) is 1. The number of rotatable bonds is 6. The smallest absolute Gasteiger partial charge is 0.346 e. The monoisotopic (exact) mass is 239 g/mol. The largest absolute Gasteiger partial charge is 0.493 e. The Morgan fingerprint density at radius 2 is 2.18 bits per heavy atom. The highest BCUT2D eigenvalue weighted by Crippen LogP contribution is 2.28. The SMILES string of the molecule is CNCC(Oc1ccc(C)cc1OC)C(=O)O. The predicted molar refractivity (Wildman–Crippen MR) is 63.7 cm³/mol. The van der Waals surface area contributed by atoms with Crippen molar-refractivity contribution in [3.05, 3.63) is 23.8 Å². The van der Waals surface area contributed by atoms with Crippen LogP contribution >= 0.6 is 0 Å². The minimum Gasteiger partial charge on any atom is -0.493 e. The number of carbonyl (C=O) groups is 1. The van der Waals surface area contributed by atoms with E-state index in [0.29, 0.717) is 11.5 Å². The average molecular weight is 239 g/mol. The van der Waals surface area contributed by atoms with Gasteiger partial charge in [-0.3, -0.25) is 0 Å². The van der Waals surface area contributed by atoms with E-state index in [-0.39, 0.29) is 6.54 Å². The second kappa shape index (κ2) is 6.10. The van der Waals surface area contributed by atoms with Crippen LogP contribution in [0.2, 0.25) is 0 Å². The lowest BCUT2D eigenvalue weighted by molar-refractivity contribution is -0.144. The van der Waals surface area contributed by atoms with E-state index in [0.717, 1.165) is 5.56 Å². The van der Waals surface area contributed by atoms with Gasteiger partial charge in [0.15, 0.2) is 11.5 Å². The summed E-state index contributed by atoms with van der Waals surface area (Å²) in [6, 6.07) is 5.35. The van der Waals surface area contributed by atoms with Gasteiger partial charge < -0.3 is 19.9 Å². The minimum atomic E-state index is -1.01. The Hall–Kier alpha value is -1.75. The van der Waals surface area contributed by atoms with Gasteiger partial charge in [0.1, 0.15) is 0 Å². The van der Waals surface area contributed by atoms with Gasteiger partial charge in [-0.1, -0.05) is 6.07 Å². The normalized spacial score (nSPS) is 11.9. The predicted octanol–water partition coefficient (Wildman–Crippen LogP) is 1.06. The summed E-state index contributed by atoms with van der Waals surface area (Å²) in [6.07, 6.45) is -0.934. The Morgan fingerprint density at radius 1 is 1.47 bits per heavy atom. The molecule has 5 nitrogen and oxygen atoms in total. The maximum absolute atomic E-state index is 11.0. The fourth-order valence-electron chi connectivity index (χ4n) is 1.39. The fourth-order valence-corrected chi connectivity index (χ4v) is 1.39. The lowest BCUT2D eigenvalue weighted by atomic mass is 10.2. The Morgan fingerprint density at radius 3 is 2.71 bits per heavy atom. The van der Waals surface area contributed by atoms with Crippen molar-refractivity contribution in [3.8, 4) is 11.5 Å². The molecule has 94 valence electrons. The van der Waals surface area contributed by atoms with E-state index in [2.05, 4.69) is 5.32 Å². The van der Waals surface area contributed by atoms with Crippen LogP contribution in [0.3, 0.4) is 0 Å². The number of aliphatic carboxylic acids is 1. The summed E-state index contributed by atoms with van der Waals surface area (Å²) < 4.78 is 10.6. The molecule has 0 amide bonds. The van der Waals surface area contributed by atoms with Crippen molar-refractivity contribution >= 4 is 5.97 Å². The van der Waals surface area contributed by atoms with Crippen LogP contribution in [-0.4, -0.2) is 37.9 Å². The molecule has 1 rings (SSSR count). The topological polar surface area (TPSA) is 67.8 Å². The van der Waals surface area contributed by atoms with Gasteiger partial charge in [-0.2, -0.15) is 0 Å². The quantitative estimate of drug-likeness (QED) is 0.776. The van der Waals surface area contributed by atoms with E-state index in [4.69, 9.17) is 14.6 Å². The van der Waals surface area contributed by atoms with Crippen LogP contribution in [0.1, 0.15) is 5.56 Å². The first-order valence-electron chi connectivity index (χ1n) is 5.27. The molecule has 0 radical (unpaired) electrons. The van der Waals surface area contributed by atoms with Crippen molar-refractivity contribution in [2.45, 2.75) is 13.0 Å². The third kappa shape index (κ3) is 3.64.